The SMILES string of the molecule is CC(C)(C)OC(=O)N1C[C@@H]2CN(Cc3ccccc3)C[C@]2(C(=O)O)C1. The van der Waals surface area contributed by atoms with E-state index in [9.17, 15) is 14.7 Å². The van der Waals surface area contributed by atoms with Gasteiger partial charge in [-0.1, -0.05) is 30.3 Å². The Morgan fingerprint density at radius 1 is 1.20 bits per heavy atom. The maximum atomic E-state index is 12.3. The van der Waals surface area contributed by atoms with Crippen LogP contribution in [0, 0.1) is 11.3 Å². The van der Waals surface area contributed by atoms with Crippen molar-refractivity contribution in [2.45, 2.75) is 32.9 Å². The highest BCUT2D eigenvalue weighted by molar-refractivity contribution is 5.79. The predicted molar refractivity (Wildman–Crippen MR) is 93.1 cm³/mol. The van der Waals surface area contributed by atoms with E-state index in [4.69, 9.17) is 4.74 Å². The van der Waals surface area contributed by atoms with Crippen molar-refractivity contribution in [1.82, 2.24) is 9.80 Å². The molecular weight excluding hydrogens is 320 g/mol. The monoisotopic (exact) mass is 346 g/mol. The van der Waals surface area contributed by atoms with Crippen LogP contribution in [0.1, 0.15) is 26.3 Å². The molecule has 2 aliphatic rings. The number of nitrogens with zero attached hydrogens (tertiary/aromatic N) is 2. The summed E-state index contributed by atoms with van der Waals surface area (Å²) < 4.78 is 5.41. The summed E-state index contributed by atoms with van der Waals surface area (Å²) in [4.78, 5) is 28.1. The van der Waals surface area contributed by atoms with Crippen molar-refractivity contribution in [3.8, 4) is 0 Å². The maximum absolute atomic E-state index is 12.3. The number of carboxylic acid groups (broad SMARTS) is 1. The van der Waals surface area contributed by atoms with E-state index in [-0.39, 0.29) is 12.5 Å². The lowest BCUT2D eigenvalue weighted by Gasteiger charge is -2.27. The molecule has 0 spiro atoms. The van der Waals surface area contributed by atoms with E-state index < -0.39 is 23.1 Å². The van der Waals surface area contributed by atoms with Crippen LogP contribution in [0.4, 0.5) is 4.79 Å². The van der Waals surface area contributed by atoms with Crippen molar-refractivity contribution >= 4 is 12.1 Å². The van der Waals surface area contributed by atoms with Gasteiger partial charge in [-0.15, -0.1) is 0 Å². The fraction of sp³-hybridized carbons (Fsp3) is 0.579. The number of carbonyl (C=O) groups is 2. The standard InChI is InChI=1S/C19H26N2O4/c1-18(2,3)25-17(24)21-11-15-10-20(9-14-7-5-4-6-8-14)12-19(15,13-21)16(22)23/h4-8,15H,9-13H2,1-3H3,(H,22,23)/t15-,19-/m0/s1. The zero-order valence-electron chi connectivity index (χ0n) is 15.1. The molecule has 2 fully saturated rings. The zero-order chi connectivity index (χ0) is 18.2. The molecule has 136 valence electrons. The number of hydrogen-bond acceptors (Lipinski definition) is 4. The molecule has 0 saturated carbocycles. The second kappa shape index (κ2) is 6.33. The van der Waals surface area contributed by atoms with E-state index in [1.54, 1.807) is 4.90 Å². The van der Waals surface area contributed by atoms with Crippen LogP contribution >= 0.6 is 0 Å². The van der Waals surface area contributed by atoms with Crippen molar-refractivity contribution in [2.75, 3.05) is 26.2 Å². The molecule has 1 N–H and O–H groups in total. The van der Waals surface area contributed by atoms with Gasteiger partial charge in [-0.2, -0.15) is 0 Å². The highest BCUT2D eigenvalue weighted by atomic mass is 16.6. The first kappa shape index (κ1) is 17.7. The van der Waals surface area contributed by atoms with Gasteiger partial charge in [-0.05, 0) is 26.3 Å². The van der Waals surface area contributed by atoms with Crippen molar-refractivity contribution in [2.24, 2.45) is 11.3 Å². The summed E-state index contributed by atoms with van der Waals surface area (Å²) in [6, 6.07) is 10.1. The minimum Gasteiger partial charge on any atom is -0.481 e. The molecule has 2 saturated heterocycles. The first-order valence-corrected chi connectivity index (χ1v) is 8.67. The van der Waals surface area contributed by atoms with E-state index in [1.807, 2.05) is 39.0 Å². The summed E-state index contributed by atoms with van der Waals surface area (Å²) >= 11 is 0. The second-order valence-electron chi connectivity index (χ2n) is 8.17. The molecule has 2 atom stereocenters. The van der Waals surface area contributed by atoms with Crippen molar-refractivity contribution in [3.63, 3.8) is 0 Å². The third-order valence-corrected chi connectivity index (χ3v) is 5.01. The van der Waals surface area contributed by atoms with Crippen LogP contribution < -0.4 is 0 Å². The summed E-state index contributed by atoms with van der Waals surface area (Å²) in [5.41, 5.74) is -0.303. The van der Waals surface area contributed by atoms with Gasteiger partial charge in [-0.3, -0.25) is 9.69 Å². The van der Waals surface area contributed by atoms with Crippen LogP contribution in [0.5, 0.6) is 0 Å². The predicted octanol–water partition coefficient (Wildman–Crippen LogP) is 2.44. The maximum Gasteiger partial charge on any atom is 0.410 e. The number of benzene rings is 1. The molecule has 2 aliphatic heterocycles. The average Bonchev–Trinajstić information content (AvgIpc) is 3.01. The van der Waals surface area contributed by atoms with E-state index in [0.29, 0.717) is 19.6 Å². The number of fused-ring (bicyclic) bond motifs is 1. The quantitative estimate of drug-likeness (QED) is 0.910. The summed E-state index contributed by atoms with van der Waals surface area (Å²) in [7, 11) is 0. The number of likely N-dealkylation sites (tertiary alicyclic amines) is 2. The Labute approximate surface area is 148 Å². The Morgan fingerprint density at radius 3 is 2.44 bits per heavy atom. The fourth-order valence-electron chi connectivity index (χ4n) is 3.90. The fourth-order valence-corrected chi connectivity index (χ4v) is 3.90. The molecule has 6 heteroatoms. The summed E-state index contributed by atoms with van der Waals surface area (Å²) in [5.74, 6) is -0.889. The number of ether oxygens (including phenoxy) is 1. The van der Waals surface area contributed by atoms with Gasteiger partial charge in [0.15, 0.2) is 0 Å². The molecule has 0 aromatic heterocycles. The highest BCUT2D eigenvalue weighted by Gasteiger charge is 2.58. The molecular formula is C19H26N2O4. The van der Waals surface area contributed by atoms with Gasteiger partial charge in [0, 0.05) is 38.6 Å². The minimum absolute atomic E-state index is 0.0683. The van der Waals surface area contributed by atoms with Crippen LogP contribution in [0.25, 0.3) is 0 Å². The number of rotatable bonds is 3. The first-order chi connectivity index (χ1) is 11.7. The normalized spacial score (nSPS) is 26.5. The van der Waals surface area contributed by atoms with Gasteiger partial charge < -0.3 is 14.7 Å². The topological polar surface area (TPSA) is 70.1 Å². The van der Waals surface area contributed by atoms with Crippen molar-refractivity contribution in [1.29, 1.82) is 0 Å². The molecule has 25 heavy (non-hydrogen) atoms. The summed E-state index contributed by atoms with van der Waals surface area (Å²) in [6.45, 7) is 7.98. The molecule has 1 amide bonds. The highest BCUT2D eigenvalue weighted by Crippen LogP contribution is 2.43. The number of amides is 1. The molecule has 0 unspecified atom stereocenters. The molecule has 1 aromatic rings. The van der Waals surface area contributed by atoms with E-state index >= 15 is 0 Å². The molecule has 0 radical (unpaired) electrons. The Kier molecular flexibility index (Phi) is 4.49. The molecule has 0 bridgehead atoms. The van der Waals surface area contributed by atoms with Crippen LogP contribution in [-0.4, -0.2) is 58.7 Å². The summed E-state index contributed by atoms with van der Waals surface area (Å²) in [5, 5.41) is 9.88. The Bertz CT molecular complexity index is 655. The summed E-state index contributed by atoms with van der Waals surface area (Å²) in [6.07, 6.45) is -0.419. The minimum atomic E-state index is -0.897. The van der Waals surface area contributed by atoms with Crippen LogP contribution in [0.2, 0.25) is 0 Å². The van der Waals surface area contributed by atoms with Crippen LogP contribution in [0.3, 0.4) is 0 Å². The second-order valence-corrected chi connectivity index (χ2v) is 8.17. The third-order valence-electron chi connectivity index (χ3n) is 5.01. The van der Waals surface area contributed by atoms with Crippen molar-refractivity contribution in [3.05, 3.63) is 35.9 Å². The lowest BCUT2D eigenvalue weighted by Crippen LogP contribution is -2.43. The van der Waals surface area contributed by atoms with Gasteiger partial charge in [0.25, 0.3) is 0 Å². The Balaban J connectivity index is 1.70. The number of hydrogen-bond donors (Lipinski definition) is 1. The van der Waals surface area contributed by atoms with Crippen LogP contribution in [-0.2, 0) is 16.1 Å². The molecule has 6 nitrogen and oxygen atoms in total. The average molecular weight is 346 g/mol. The smallest absolute Gasteiger partial charge is 0.410 e. The zero-order valence-corrected chi connectivity index (χ0v) is 15.1. The van der Waals surface area contributed by atoms with E-state index in [1.165, 1.54) is 5.56 Å². The lowest BCUT2D eigenvalue weighted by atomic mass is 9.81. The molecule has 0 aliphatic carbocycles. The molecule has 1 aromatic carbocycles. The number of aliphatic carboxylic acids is 1. The molecule has 2 heterocycles. The van der Waals surface area contributed by atoms with Gasteiger partial charge in [-0.25, -0.2) is 4.79 Å². The Hall–Kier alpha value is -2.08. The van der Waals surface area contributed by atoms with Gasteiger partial charge >= 0.3 is 12.1 Å². The molecule has 3 rings (SSSR count). The van der Waals surface area contributed by atoms with Gasteiger partial charge in [0.1, 0.15) is 11.0 Å². The number of carboxylic acids is 1. The van der Waals surface area contributed by atoms with E-state index in [2.05, 4.69) is 17.0 Å². The number of carbonyl (C=O) groups excluding carboxylic acids is 1. The lowest BCUT2D eigenvalue weighted by molar-refractivity contribution is -0.148. The first-order valence-electron chi connectivity index (χ1n) is 8.67. The Morgan fingerprint density at radius 2 is 1.88 bits per heavy atom. The van der Waals surface area contributed by atoms with Gasteiger partial charge in [0.05, 0.1) is 0 Å². The third kappa shape index (κ3) is 3.63. The largest absolute Gasteiger partial charge is 0.481 e. The van der Waals surface area contributed by atoms with Crippen molar-refractivity contribution < 1.29 is 19.4 Å². The van der Waals surface area contributed by atoms with Crippen LogP contribution in [0.15, 0.2) is 30.3 Å². The van der Waals surface area contributed by atoms with Gasteiger partial charge in [0.2, 0.25) is 0 Å². The van der Waals surface area contributed by atoms with E-state index in [0.717, 1.165) is 6.54 Å².